The fourth-order valence-corrected chi connectivity index (χ4v) is 3.44. The van der Waals surface area contributed by atoms with Crippen molar-refractivity contribution < 1.29 is 49.2 Å². The quantitative estimate of drug-likeness (QED) is 0.477. The van der Waals surface area contributed by atoms with E-state index in [2.05, 4.69) is 15.2 Å². The highest BCUT2D eigenvalue weighted by molar-refractivity contribution is 7.91. The van der Waals surface area contributed by atoms with Gasteiger partial charge in [-0.1, -0.05) is 0 Å². The maximum atomic E-state index is 14.5. The smallest absolute Gasteiger partial charge is 0.462 e. The summed E-state index contributed by atoms with van der Waals surface area (Å²) < 4.78 is 120. The molecule has 1 N–H and O–H groups in total. The van der Waals surface area contributed by atoms with Crippen molar-refractivity contribution in [3.63, 3.8) is 0 Å². The van der Waals surface area contributed by atoms with Gasteiger partial charge in [-0.3, -0.25) is 4.79 Å². The van der Waals surface area contributed by atoms with Crippen molar-refractivity contribution in [2.24, 2.45) is 0 Å². The van der Waals surface area contributed by atoms with Gasteiger partial charge in [0.15, 0.2) is 4.90 Å². The van der Waals surface area contributed by atoms with Gasteiger partial charge in [0, 0.05) is 24.6 Å². The summed E-state index contributed by atoms with van der Waals surface area (Å²) in [6.07, 6.45) is -14.0. The van der Waals surface area contributed by atoms with E-state index in [1.54, 1.807) is 0 Å². The van der Waals surface area contributed by atoms with Crippen LogP contribution < -0.4 is 10.1 Å². The molecule has 0 saturated heterocycles. The average Bonchev–Trinajstić information content (AvgIpc) is 2.93. The molecule has 1 unspecified atom stereocenters. The molecule has 0 radical (unpaired) electrons. The molecule has 15 heteroatoms. The Morgan fingerprint density at radius 1 is 1.26 bits per heavy atom. The molecule has 0 bridgehead atoms. The van der Waals surface area contributed by atoms with Crippen LogP contribution in [0.1, 0.15) is 12.5 Å². The number of hydrogen-bond donors (Lipinski definition) is 1. The van der Waals surface area contributed by atoms with Crippen LogP contribution in [0, 0.1) is 12.7 Å². The van der Waals surface area contributed by atoms with Gasteiger partial charge in [-0.25, -0.2) is 9.07 Å². The normalized spacial score (nSPS) is 13.4. The number of aryl methyl sites for hydroxylation is 1. The maximum absolute atomic E-state index is 14.5. The number of nitrogens with one attached hydrogen (secondary N) is 1. The van der Waals surface area contributed by atoms with Crippen molar-refractivity contribution in [3.8, 4) is 11.6 Å². The average molecular weight is 479 g/mol. The Labute approximate surface area is 172 Å². The predicted octanol–water partition coefficient (Wildman–Crippen LogP) is 4.18. The van der Waals surface area contributed by atoms with Gasteiger partial charge in [0.05, 0.1) is 0 Å². The van der Waals surface area contributed by atoms with Gasteiger partial charge >= 0.3 is 18.7 Å². The second-order valence-electron chi connectivity index (χ2n) is 6.10. The molecule has 2 aromatic rings. The molecule has 0 spiro atoms. The Hall–Kier alpha value is -2.55. The van der Waals surface area contributed by atoms with Crippen molar-refractivity contribution in [1.29, 1.82) is 0 Å². The highest BCUT2D eigenvalue weighted by Gasteiger charge is 2.45. The second kappa shape index (κ2) is 8.90. The van der Waals surface area contributed by atoms with Crippen LogP contribution in [-0.4, -0.2) is 44.7 Å². The molecule has 1 amide bonds. The Kier molecular flexibility index (Phi) is 7.10. The second-order valence-corrected chi connectivity index (χ2v) is 7.52. The molecule has 0 aliphatic rings. The molecule has 172 valence electrons. The number of alkyl halides is 7. The van der Waals surface area contributed by atoms with E-state index in [1.165, 1.54) is 6.92 Å². The topological polar surface area (TPSA) is 79.2 Å². The number of anilines is 1. The standard InChI is InChI=1S/C16H13F8N3O3S/c1-7-3-9(17)10(4-11(7)31(29)6-15(20,21)22)27-12(25-8(2)28)5-13(26-27)30-16(23,24)14(18)19/h3-5,14H,6H2,1-2H3,(H,25,28). The third-order valence-corrected chi connectivity index (χ3v) is 5.02. The first-order valence-electron chi connectivity index (χ1n) is 8.09. The SMILES string of the molecule is CC(=O)Nc1cc(OC(F)(F)C(F)F)nn1-c1cc([S+]([O-])CC(F)(F)F)c(C)cc1F. The molecular formula is C16H13F8N3O3S. The summed E-state index contributed by atoms with van der Waals surface area (Å²) in [5, 5.41) is 5.43. The van der Waals surface area contributed by atoms with Crippen molar-refractivity contribution in [2.45, 2.75) is 37.5 Å². The Bertz CT molecular complexity index is 964. The molecule has 0 saturated carbocycles. The van der Waals surface area contributed by atoms with Crippen LogP contribution in [0.25, 0.3) is 5.69 Å². The van der Waals surface area contributed by atoms with Crippen LogP contribution in [0.3, 0.4) is 0 Å². The minimum Gasteiger partial charge on any atom is -0.611 e. The molecular weight excluding hydrogens is 466 g/mol. The van der Waals surface area contributed by atoms with E-state index in [0.717, 1.165) is 6.92 Å². The van der Waals surface area contributed by atoms with Gasteiger partial charge in [0.25, 0.3) is 0 Å². The molecule has 31 heavy (non-hydrogen) atoms. The van der Waals surface area contributed by atoms with Gasteiger partial charge in [0.1, 0.15) is 17.3 Å². The maximum Gasteiger partial charge on any atom is 0.462 e. The minimum atomic E-state index is -4.97. The number of nitrogens with zero attached hydrogens (tertiary/aromatic N) is 2. The van der Waals surface area contributed by atoms with Gasteiger partial charge in [0.2, 0.25) is 17.5 Å². The van der Waals surface area contributed by atoms with E-state index < -0.39 is 69.6 Å². The van der Waals surface area contributed by atoms with E-state index in [-0.39, 0.29) is 5.56 Å². The number of carbonyl (C=O) groups is 1. The predicted molar refractivity (Wildman–Crippen MR) is 91.5 cm³/mol. The van der Waals surface area contributed by atoms with Crippen molar-refractivity contribution in [2.75, 3.05) is 11.1 Å². The van der Waals surface area contributed by atoms with E-state index in [9.17, 15) is 44.5 Å². The Balaban J connectivity index is 2.57. The van der Waals surface area contributed by atoms with Crippen LogP contribution in [0.4, 0.5) is 40.9 Å². The Morgan fingerprint density at radius 2 is 1.87 bits per heavy atom. The summed E-state index contributed by atoms with van der Waals surface area (Å²) >= 11 is -2.66. The summed E-state index contributed by atoms with van der Waals surface area (Å²) in [7, 11) is 0. The summed E-state index contributed by atoms with van der Waals surface area (Å²) in [6, 6.07) is 2.00. The molecule has 6 nitrogen and oxygen atoms in total. The molecule has 0 fully saturated rings. The molecule has 0 aliphatic carbocycles. The van der Waals surface area contributed by atoms with Crippen LogP contribution in [0.2, 0.25) is 0 Å². The molecule has 2 rings (SSSR count). The van der Waals surface area contributed by atoms with Crippen molar-refractivity contribution in [3.05, 3.63) is 29.6 Å². The monoisotopic (exact) mass is 479 g/mol. The van der Waals surface area contributed by atoms with Gasteiger partial charge in [-0.2, -0.15) is 30.7 Å². The lowest BCUT2D eigenvalue weighted by Crippen LogP contribution is -2.33. The summed E-state index contributed by atoms with van der Waals surface area (Å²) in [5.41, 5.74) is -0.812. The van der Waals surface area contributed by atoms with Gasteiger partial charge < -0.3 is 14.6 Å². The molecule has 1 aromatic heterocycles. The van der Waals surface area contributed by atoms with Crippen LogP contribution >= 0.6 is 0 Å². The summed E-state index contributed by atoms with van der Waals surface area (Å²) in [4.78, 5) is 10.9. The highest BCUT2D eigenvalue weighted by atomic mass is 32.2. The van der Waals surface area contributed by atoms with E-state index in [0.29, 0.717) is 22.9 Å². The first-order valence-corrected chi connectivity index (χ1v) is 9.41. The third kappa shape index (κ3) is 6.22. The largest absolute Gasteiger partial charge is 0.611 e. The fraction of sp³-hybridized carbons (Fsp3) is 0.375. The highest BCUT2D eigenvalue weighted by Crippen LogP contribution is 2.32. The number of halogens is 8. The summed E-state index contributed by atoms with van der Waals surface area (Å²) in [5.74, 6) is -5.37. The molecule has 0 aliphatic heterocycles. The number of hydrogen-bond acceptors (Lipinski definition) is 4. The Morgan fingerprint density at radius 3 is 2.39 bits per heavy atom. The third-order valence-electron chi connectivity index (χ3n) is 3.50. The van der Waals surface area contributed by atoms with Crippen LogP contribution in [0.5, 0.6) is 5.88 Å². The first kappa shape index (κ1) is 24.7. The first-order chi connectivity index (χ1) is 14.1. The minimum absolute atomic E-state index is 0.113. The number of carbonyl (C=O) groups excluding carboxylic acids is 1. The van der Waals surface area contributed by atoms with Crippen LogP contribution in [-0.2, 0) is 16.0 Å². The molecule has 1 aromatic carbocycles. The zero-order chi connectivity index (χ0) is 23.7. The van der Waals surface area contributed by atoms with Gasteiger partial charge in [-0.15, -0.1) is 5.10 Å². The lowest BCUT2D eigenvalue weighted by atomic mass is 10.2. The van der Waals surface area contributed by atoms with E-state index >= 15 is 0 Å². The van der Waals surface area contributed by atoms with E-state index in [1.807, 2.05) is 0 Å². The zero-order valence-corrected chi connectivity index (χ0v) is 16.4. The van der Waals surface area contributed by atoms with Gasteiger partial charge in [-0.05, 0) is 24.2 Å². The van der Waals surface area contributed by atoms with E-state index in [4.69, 9.17) is 0 Å². The van der Waals surface area contributed by atoms with Crippen LogP contribution in [0.15, 0.2) is 23.1 Å². The number of aromatic nitrogens is 2. The lowest BCUT2D eigenvalue weighted by molar-refractivity contribution is -0.254. The molecule has 1 heterocycles. The molecule has 1 atom stereocenters. The number of ether oxygens (including phenoxy) is 1. The van der Waals surface area contributed by atoms with Crippen molar-refractivity contribution >= 4 is 22.9 Å². The lowest BCUT2D eigenvalue weighted by Gasteiger charge is -2.16. The fourth-order valence-electron chi connectivity index (χ4n) is 2.32. The van der Waals surface area contributed by atoms with Crippen molar-refractivity contribution in [1.82, 2.24) is 9.78 Å². The number of benzene rings is 1. The number of rotatable bonds is 7. The number of amides is 1. The summed E-state index contributed by atoms with van der Waals surface area (Å²) in [6.45, 7) is 2.16. The zero-order valence-electron chi connectivity index (χ0n) is 15.6.